The summed E-state index contributed by atoms with van der Waals surface area (Å²) in [7, 11) is -3.70. The number of hydrogen-bond acceptors (Lipinski definition) is 3. The number of aryl methyl sites for hydroxylation is 1. The molecular formula is C23H20Cl2N2O3S. The van der Waals surface area contributed by atoms with E-state index in [1.807, 2.05) is 13.8 Å². The number of carbonyl (C=O) groups is 1. The number of halogens is 2. The standard InChI is InChI=1S/C23H20Cl2N2O3S/c1-14-3-7-19(8-4-14)31(29,30)27-15(2)11-17-12-16(5-10-22(17)27)23(28)26-18-6-9-20(24)21(25)13-18/h3-10,12-13,15H,11H2,1-2H3,(H,26,28)/t15-/m0/s1. The average molecular weight is 475 g/mol. The first kappa shape index (κ1) is 21.7. The molecule has 1 heterocycles. The largest absolute Gasteiger partial charge is 0.322 e. The van der Waals surface area contributed by atoms with Crippen LogP contribution in [0.3, 0.4) is 0 Å². The van der Waals surface area contributed by atoms with Gasteiger partial charge in [-0.05, 0) is 74.4 Å². The molecule has 1 aliphatic heterocycles. The summed E-state index contributed by atoms with van der Waals surface area (Å²) in [5.74, 6) is -0.311. The summed E-state index contributed by atoms with van der Waals surface area (Å²) in [6.45, 7) is 3.77. The van der Waals surface area contributed by atoms with Crippen LogP contribution >= 0.6 is 23.2 Å². The lowest BCUT2D eigenvalue weighted by atomic mass is 10.1. The van der Waals surface area contributed by atoms with E-state index >= 15 is 0 Å². The molecule has 31 heavy (non-hydrogen) atoms. The van der Waals surface area contributed by atoms with Crippen LogP contribution in [0.4, 0.5) is 11.4 Å². The smallest absolute Gasteiger partial charge is 0.264 e. The number of fused-ring (bicyclic) bond motifs is 1. The van der Waals surface area contributed by atoms with Crippen molar-refractivity contribution in [2.24, 2.45) is 0 Å². The third kappa shape index (κ3) is 4.15. The summed E-state index contributed by atoms with van der Waals surface area (Å²) in [5.41, 5.74) is 3.36. The van der Waals surface area contributed by atoms with Gasteiger partial charge >= 0.3 is 0 Å². The van der Waals surface area contributed by atoms with E-state index in [4.69, 9.17) is 23.2 Å². The Kier molecular flexibility index (Phi) is 5.73. The highest BCUT2D eigenvalue weighted by molar-refractivity contribution is 7.92. The van der Waals surface area contributed by atoms with Crippen molar-refractivity contribution in [1.29, 1.82) is 0 Å². The van der Waals surface area contributed by atoms with E-state index in [2.05, 4.69) is 5.32 Å². The van der Waals surface area contributed by atoms with Crippen molar-refractivity contribution in [3.8, 4) is 0 Å². The van der Waals surface area contributed by atoms with Gasteiger partial charge < -0.3 is 5.32 Å². The average Bonchev–Trinajstić information content (AvgIpc) is 3.06. The molecule has 160 valence electrons. The molecule has 0 aromatic heterocycles. The molecule has 0 saturated heterocycles. The maximum atomic E-state index is 13.3. The first-order chi connectivity index (χ1) is 14.7. The lowest BCUT2D eigenvalue weighted by Crippen LogP contribution is -2.35. The van der Waals surface area contributed by atoms with Crippen molar-refractivity contribution in [2.45, 2.75) is 31.2 Å². The molecule has 0 bridgehead atoms. The van der Waals surface area contributed by atoms with E-state index in [9.17, 15) is 13.2 Å². The summed E-state index contributed by atoms with van der Waals surface area (Å²) in [5, 5.41) is 3.54. The normalized spacial score (nSPS) is 15.6. The predicted molar refractivity (Wildman–Crippen MR) is 125 cm³/mol. The quantitative estimate of drug-likeness (QED) is 0.527. The zero-order valence-electron chi connectivity index (χ0n) is 16.9. The summed E-state index contributed by atoms with van der Waals surface area (Å²) in [6, 6.07) is 16.5. The van der Waals surface area contributed by atoms with E-state index in [1.165, 1.54) is 4.31 Å². The maximum absolute atomic E-state index is 13.3. The molecule has 1 aliphatic rings. The SMILES string of the molecule is Cc1ccc(S(=O)(=O)N2c3ccc(C(=O)Nc4ccc(Cl)c(Cl)c4)cc3C[C@@H]2C)cc1. The van der Waals surface area contributed by atoms with E-state index in [0.29, 0.717) is 33.4 Å². The second kappa shape index (κ2) is 8.19. The summed E-state index contributed by atoms with van der Waals surface area (Å²) in [4.78, 5) is 13.0. The fraction of sp³-hybridized carbons (Fsp3) is 0.174. The number of sulfonamides is 1. The van der Waals surface area contributed by atoms with Crippen molar-refractivity contribution >= 4 is 50.5 Å². The van der Waals surface area contributed by atoms with Gasteiger partial charge in [-0.3, -0.25) is 9.10 Å². The first-order valence-electron chi connectivity index (χ1n) is 9.67. The van der Waals surface area contributed by atoms with Crippen molar-refractivity contribution in [3.05, 3.63) is 87.4 Å². The Hall–Kier alpha value is -2.54. The van der Waals surface area contributed by atoms with Gasteiger partial charge in [0.15, 0.2) is 0 Å². The highest BCUT2D eigenvalue weighted by Crippen LogP contribution is 2.37. The molecule has 1 atom stereocenters. The third-order valence-electron chi connectivity index (χ3n) is 5.25. The molecule has 0 aliphatic carbocycles. The van der Waals surface area contributed by atoms with Gasteiger partial charge in [0.25, 0.3) is 15.9 Å². The van der Waals surface area contributed by atoms with Gasteiger partial charge in [0.2, 0.25) is 0 Å². The van der Waals surface area contributed by atoms with Crippen LogP contribution in [-0.2, 0) is 16.4 Å². The number of carbonyl (C=O) groups excluding carboxylic acids is 1. The van der Waals surface area contributed by atoms with Gasteiger partial charge in [0.05, 0.1) is 20.6 Å². The molecule has 5 nitrogen and oxygen atoms in total. The highest BCUT2D eigenvalue weighted by atomic mass is 35.5. The van der Waals surface area contributed by atoms with Crippen LogP contribution in [0, 0.1) is 6.92 Å². The number of rotatable bonds is 4. The summed E-state index contributed by atoms with van der Waals surface area (Å²) < 4.78 is 28.0. The van der Waals surface area contributed by atoms with Crippen LogP contribution in [0.5, 0.6) is 0 Å². The second-order valence-electron chi connectivity index (χ2n) is 7.59. The van der Waals surface area contributed by atoms with Crippen molar-refractivity contribution in [1.82, 2.24) is 0 Å². The van der Waals surface area contributed by atoms with Crippen LogP contribution in [0.2, 0.25) is 10.0 Å². The number of benzene rings is 3. The molecule has 3 aromatic rings. The van der Waals surface area contributed by atoms with E-state index in [1.54, 1.807) is 60.7 Å². The van der Waals surface area contributed by atoms with E-state index < -0.39 is 10.0 Å². The summed E-state index contributed by atoms with van der Waals surface area (Å²) in [6.07, 6.45) is 0.522. The Morgan fingerprint density at radius 1 is 1.00 bits per heavy atom. The minimum atomic E-state index is -3.70. The fourth-order valence-electron chi connectivity index (χ4n) is 3.71. The van der Waals surface area contributed by atoms with Crippen LogP contribution in [0.1, 0.15) is 28.4 Å². The lowest BCUT2D eigenvalue weighted by Gasteiger charge is -2.24. The molecule has 1 N–H and O–H groups in total. The van der Waals surface area contributed by atoms with E-state index in [0.717, 1.165) is 11.1 Å². The number of nitrogens with one attached hydrogen (secondary N) is 1. The van der Waals surface area contributed by atoms with Gasteiger partial charge in [-0.2, -0.15) is 0 Å². The third-order valence-corrected chi connectivity index (χ3v) is 7.93. The molecule has 0 radical (unpaired) electrons. The van der Waals surface area contributed by atoms with Crippen molar-refractivity contribution in [2.75, 3.05) is 9.62 Å². The van der Waals surface area contributed by atoms with E-state index in [-0.39, 0.29) is 16.8 Å². The molecule has 0 saturated carbocycles. The zero-order chi connectivity index (χ0) is 22.3. The molecule has 8 heteroatoms. The van der Waals surface area contributed by atoms with Crippen LogP contribution in [0.25, 0.3) is 0 Å². The molecule has 0 unspecified atom stereocenters. The van der Waals surface area contributed by atoms with Crippen molar-refractivity contribution in [3.63, 3.8) is 0 Å². The summed E-state index contributed by atoms with van der Waals surface area (Å²) >= 11 is 11.9. The van der Waals surface area contributed by atoms with Crippen molar-refractivity contribution < 1.29 is 13.2 Å². The number of nitrogens with zero attached hydrogens (tertiary/aromatic N) is 1. The maximum Gasteiger partial charge on any atom is 0.264 e. The van der Waals surface area contributed by atoms with Gasteiger partial charge in [-0.15, -0.1) is 0 Å². The Morgan fingerprint density at radius 3 is 2.39 bits per heavy atom. The number of anilines is 2. The Balaban J connectivity index is 1.62. The van der Waals surface area contributed by atoms with Crippen LogP contribution < -0.4 is 9.62 Å². The molecule has 4 rings (SSSR count). The van der Waals surface area contributed by atoms with Crippen LogP contribution in [-0.4, -0.2) is 20.4 Å². The molecular weight excluding hydrogens is 455 g/mol. The molecule has 0 fully saturated rings. The monoisotopic (exact) mass is 474 g/mol. The molecule has 0 spiro atoms. The predicted octanol–water partition coefficient (Wildman–Crippen LogP) is 5.69. The number of hydrogen-bond donors (Lipinski definition) is 1. The highest BCUT2D eigenvalue weighted by Gasteiger charge is 2.36. The van der Waals surface area contributed by atoms with Gasteiger partial charge in [-0.1, -0.05) is 40.9 Å². The van der Waals surface area contributed by atoms with Crippen LogP contribution in [0.15, 0.2) is 65.6 Å². The fourth-order valence-corrected chi connectivity index (χ4v) is 5.70. The first-order valence-corrected chi connectivity index (χ1v) is 11.9. The topological polar surface area (TPSA) is 66.5 Å². The lowest BCUT2D eigenvalue weighted by molar-refractivity contribution is 0.102. The number of amides is 1. The molecule has 1 amide bonds. The Morgan fingerprint density at radius 2 is 1.71 bits per heavy atom. The Bertz CT molecular complexity index is 1270. The minimum Gasteiger partial charge on any atom is -0.322 e. The molecule has 3 aromatic carbocycles. The van der Waals surface area contributed by atoms with Gasteiger partial charge in [0.1, 0.15) is 0 Å². The van der Waals surface area contributed by atoms with Gasteiger partial charge in [0, 0.05) is 17.3 Å². The van der Waals surface area contributed by atoms with Gasteiger partial charge in [-0.25, -0.2) is 8.42 Å². The minimum absolute atomic E-state index is 0.249. The second-order valence-corrected chi connectivity index (χ2v) is 10.2. The Labute approximate surface area is 191 Å². The zero-order valence-corrected chi connectivity index (χ0v) is 19.2.